The fourth-order valence-corrected chi connectivity index (χ4v) is 1.64. The molecule has 1 heterocycles. The average molecular weight is 280 g/mol. The number of nitro groups is 1. The van der Waals surface area contributed by atoms with Gasteiger partial charge in [-0.05, 0) is 18.2 Å². The first kappa shape index (κ1) is 13.1. The molecule has 0 saturated carbocycles. The lowest BCUT2D eigenvalue weighted by Crippen LogP contribution is -2.03. The van der Waals surface area contributed by atoms with Gasteiger partial charge in [0.05, 0.1) is 15.6 Å². The number of hydrogen-bond donors (Lipinski definition) is 1. The maximum Gasteiger partial charge on any atom is 0.310 e. The van der Waals surface area contributed by atoms with Crippen LogP contribution in [0.2, 0.25) is 5.02 Å². The van der Waals surface area contributed by atoms with E-state index in [1.807, 2.05) is 0 Å². The maximum absolute atomic E-state index is 10.8. The number of benzene rings is 1. The number of ether oxygens (including phenoxy) is 1. The number of hydrogen-bond acceptors (Lipinski definition) is 5. The Labute approximate surface area is 113 Å². The number of rotatable bonds is 4. The van der Waals surface area contributed by atoms with Crippen LogP contribution in [-0.2, 0) is 6.61 Å². The fraction of sp³-hybridized carbons (Fsp3) is 0.0833. The first-order chi connectivity index (χ1) is 9.08. The number of halogens is 1. The summed E-state index contributed by atoms with van der Waals surface area (Å²) >= 11 is 5.93. The van der Waals surface area contributed by atoms with E-state index in [1.54, 1.807) is 24.3 Å². The van der Waals surface area contributed by atoms with Crippen molar-refractivity contribution in [2.45, 2.75) is 6.61 Å². The number of pyridine rings is 1. The molecule has 0 atom stereocenters. The minimum Gasteiger partial charge on any atom is -0.480 e. The number of aromatic nitrogens is 1. The summed E-state index contributed by atoms with van der Waals surface area (Å²) in [7, 11) is 0. The smallest absolute Gasteiger partial charge is 0.310 e. The molecule has 0 fully saturated rings. The molecule has 1 aromatic carbocycles. The van der Waals surface area contributed by atoms with Crippen LogP contribution in [0.1, 0.15) is 5.69 Å². The SMILES string of the molecule is Nc1ccc(Cl)c(COc2ccccc2[N+](=O)[O-])n1. The Morgan fingerprint density at radius 3 is 2.79 bits per heavy atom. The van der Waals surface area contributed by atoms with Crippen LogP contribution in [0.3, 0.4) is 0 Å². The van der Waals surface area contributed by atoms with Gasteiger partial charge in [-0.25, -0.2) is 4.98 Å². The quantitative estimate of drug-likeness (QED) is 0.686. The van der Waals surface area contributed by atoms with E-state index >= 15 is 0 Å². The van der Waals surface area contributed by atoms with Gasteiger partial charge in [-0.2, -0.15) is 0 Å². The van der Waals surface area contributed by atoms with E-state index < -0.39 is 4.92 Å². The summed E-state index contributed by atoms with van der Waals surface area (Å²) in [4.78, 5) is 14.3. The van der Waals surface area contributed by atoms with Crippen LogP contribution < -0.4 is 10.5 Å². The molecule has 7 heteroatoms. The first-order valence-corrected chi connectivity index (χ1v) is 5.73. The zero-order valence-corrected chi connectivity index (χ0v) is 10.5. The van der Waals surface area contributed by atoms with Crippen molar-refractivity contribution in [2.75, 3.05) is 5.73 Å². The van der Waals surface area contributed by atoms with Crippen LogP contribution in [0, 0.1) is 10.1 Å². The largest absolute Gasteiger partial charge is 0.480 e. The molecule has 2 N–H and O–H groups in total. The molecule has 1 aromatic heterocycles. The highest BCUT2D eigenvalue weighted by molar-refractivity contribution is 6.31. The Morgan fingerprint density at radius 1 is 1.32 bits per heavy atom. The third-order valence-corrected chi connectivity index (χ3v) is 2.71. The van der Waals surface area contributed by atoms with Crippen molar-refractivity contribution in [1.82, 2.24) is 4.98 Å². The Morgan fingerprint density at radius 2 is 2.05 bits per heavy atom. The van der Waals surface area contributed by atoms with Crippen molar-refractivity contribution >= 4 is 23.1 Å². The summed E-state index contributed by atoms with van der Waals surface area (Å²) in [5.74, 6) is 0.471. The molecule has 0 saturated heterocycles. The molecular weight excluding hydrogens is 270 g/mol. The van der Waals surface area contributed by atoms with Gasteiger partial charge in [-0.1, -0.05) is 23.7 Å². The number of nitro benzene ring substituents is 1. The molecule has 0 radical (unpaired) electrons. The summed E-state index contributed by atoms with van der Waals surface area (Å²) in [6.07, 6.45) is 0. The molecule has 2 aromatic rings. The standard InChI is InChI=1S/C12H10ClN3O3/c13-8-5-6-12(14)15-9(8)7-19-11-4-2-1-3-10(11)16(17)18/h1-6H,7H2,(H2,14,15). The third kappa shape index (κ3) is 3.11. The van der Waals surface area contributed by atoms with E-state index in [0.29, 0.717) is 16.5 Å². The summed E-state index contributed by atoms with van der Waals surface area (Å²) in [5, 5.41) is 11.2. The van der Waals surface area contributed by atoms with Gasteiger partial charge in [0, 0.05) is 6.07 Å². The molecule has 6 nitrogen and oxygen atoms in total. The molecule has 0 unspecified atom stereocenters. The van der Waals surface area contributed by atoms with E-state index in [4.69, 9.17) is 22.1 Å². The molecule has 0 bridgehead atoms. The van der Waals surface area contributed by atoms with Gasteiger partial charge in [0.25, 0.3) is 0 Å². The molecule has 0 spiro atoms. The van der Waals surface area contributed by atoms with Crippen molar-refractivity contribution in [3.05, 3.63) is 57.2 Å². The minimum absolute atomic E-state index is 0.00866. The van der Waals surface area contributed by atoms with Gasteiger partial charge in [0.2, 0.25) is 0 Å². The molecule has 0 aliphatic rings. The highest BCUT2D eigenvalue weighted by Crippen LogP contribution is 2.27. The van der Waals surface area contributed by atoms with E-state index in [0.717, 1.165) is 0 Å². The molecule has 0 aliphatic heterocycles. The highest BCUT2D eigenvalue weighted by atomic mass is 35.5. The lowest BCUT2D eigenvalue weighted by molar-refractivity contribution is -0.385. The second-order valence-electron chi connectivity index (χ2n) is 3.68. The monoisotopic (exact) mass is 279 g/mol. The number of anilines is 1. The molecule has 2 rings (SSSR count). The van der Waals surface area contributed by atoms with E-state index in [-0.39, 0.29) is 18.0 Å². The van der Waals surface area contributed by atoms with Gasteiger partial charge < -0.3 is 10.5 Å². The van der Waals surface area contributed by atoms with E-state index in [1.165, 1.54) is 12.1 Å². The van der Waals surface area contributed by atoms with Crippen molar-refractivity contribution in [3.63, 3.8) is 0 Å². The molecule has 0 aliphatic carbocycles. The number of nitrogens with two attached hydrogens (primary N) is 1. The lowest BCUT2D eigenvalue weighted by atomic mass is 10.3. The molecule has 98 valence electrons. The number of para-hydroxylation sites is 2. The zero-order valence-electron chi connectivity index (χ0n) is 9.75. The lowest BCUT2D eigenvalue weighted by Gasteiger charge is -2.07. The van der Waals surface area contributed by atoms with Crippen LogP contribution in [0.15, 0.2) is 36.4 Å². The van der Waals surface area contributed by atoms with Gasteiger partial charge in [0.15, 0.2) is 5.75 Å². The normalized spacial score (nSPS) is 10.2. The minimum atomic E-state index is -0.510. The average Bonchev–Trinajstić information content (AvgIpc) is 2.40. The van der Waals surface area contributed by atoms with Crippen LogP contribution in [0.5, 0.6) is 5.75 Å². The molecule has 19 heavy (non-hydrogen) atoms. The molecular formula is C12H10ClN3O3. The number of nitrogens with zero attached hydrogens (tertiary/aromatic N) is 2. The van der Waals surface area contributed by atoms with E-state index in [2.05, 4.69) is 4.98 Å². The fourth-order valence-electron chi connectivity index (χ4n) is 1.48. The van der Waals surface area contributed by atoms with Crippen LogP contribution in [0.25, 0.3) is 0 Å². The Bertz CT molecular complexity index is 619. The van der Waals surface area contributed by atoms with Gasteiger partial charge in [-0.3, -0.25) is 10.1 Å². The van der Waals surface area contributed by atoms with Crippen molar-refractivity contribution in [2.24, 2.45) is 0 Å². The Balaban J connectivity index is 2.19. The first-order valence-electron chi connectivity index (χ1n) is 5.35. The second kappa shape index (κ2) is 5.53. The summed E-state index contributed by atoms with van der Waals surface area (Å²) in [6, 6.07) is 9.26. The van der Waals surface area contributed by atoms with Crippen LogP contribution in [0.4, 0.5) is 11.5 Å². The summed E-state index contributed by atoms with van der Waals surface area (Å²) in [6.45, 7) is 0.00866. The van der Waals surface area contributed by atoms with Crippen molar-refractivity contribution < 1.29 is 9.66 Å². The Hall–Kier alpha value is -2.34. The zero-order chi connectivity index (χ0) is 13.8. The predicted molar refractivity (Wildman–Crippen MR) is 71.1 cm³/mol. The Kier molecular flexibility index (Phi) is 3.82. The second-order valence-corrected chi connectivity index (χ2v) is 4.09. The topological polar surface area (TPSA) is 91.3 Å². The predicted octanol–water partition coefficient (Wildman–Crippen LogP) is 2.80. The van der Waals surface area contributed by atoms with E-state index in [9.17, 15) is 10.1 Å². The third-order valence-electron chi connectivity index (χ3n) is 2.37. The van der Waals surface area contributed by atoms with Gasteiger partial charge in [0.1, 0.15) is 12.4 Å². The summed E-state index contributed by atoms with van der Waals surface area (Å²) in [5.41, 5.74) is 5.86. The summed E-state index contributed by atoms with van der Waals surface area (Å²) < 4.78 is 5.38. The van der Waals surface area contributed by atoms with Gasteiger partial charge >= 0.3 is 5.69 Å². The number of nitrogen functional groups attached to an aromatic ring is 1. The molecule has 0 amide bonds. The van der Waals surface area contributed by atoms with Crippen LogP contribution in [-0.4, -0.2) is 9.91 Å². The van der Waals surface area contributed by atoms with Crippen molar-refractivity contribution in [3.8, 4) is 5.75 Å². The van der Waals surface area contributed by atoms with Gasteiger partial charge in [-0.15, -0.1) is 0 Å². The van der Waals surface area contributed by atoms with Crippen molar-refractivity contribution in [1.29, 1.82) is 0 Å². The maximum atomic E-state index is 10.8. The van der Waals surface area contributed by atoms with Crippen LogP contribution >= 0.6 is 11.6 Å². The highest BCUT2D eigenvalue weighted by Gasteiger charge is 2.14.